The lowest BCUT2D eigenvalue weighted by molar-refractivity contribution is 0.210. The predicted molar refractivity (Wildman–Crippen MR) is 51.9 cm³/mol. The van der Waals surface area contributed by atoms with Crippen molar-refractivity contribution in [1.82, 2.24) is 5.32 Å². The van der Waals surface area contributed by atoms with E-state index in [9.17, 15) is 4.57 Å². The zero-order valence-corrected chi connectivity index (χ0v) is 9.18. The summed E-state index contributed by atoms with van der Waals surface area (Å²) in [5.41, 5.74) is 0. The molecule has 0 radical (unpaired) electrons. The van der Waals surface area contributed by atoms with Crippen molar-refractivity contribution in [3.05, 3.63) is 0 Å². The van der Waals surface area contributed by atoms with Crippen LogP contribution >= 0.6 is 7.60 Å². The summed E-state index contributed by atoms with van der Waals surface area (Å²) in [6, 6.07) is 0. The van der Waals surface area contributed by atoms with E-state index in [2.05, 4.69) is 5.32 Å². The van der Waals surface area contributed by atoms with Gasteiger partial charge in [-0.3, -0.25) is 4.57 Å². The van der Waals surface area contributed by atoms with E-state index >= 15 is 0 Å². The van der Waals surface area contributed by atoms with Crippen LogP contribution in [0.5, 0.6) is 0 Å². The van der Waals surface area contributed by atoms with Crippen molar-refractivity contribution in [3.63, 3.8) is 0 Å². The lowest BCUT2D eigenvalue weighted by atomic mass is 10.4. The van der Waals surface area contributed by atoms with Gasteiger partial charge < -0.3 is 14.4 Å². The molecule has 0 spiro atoms. The van der Waals surface area contributed by atoms with Crippen LogP contribution in [-0.2, 0) is 13.6 Å². The highest BCUT2D eigenvalue weighted by atomic mass is 31.2. The van der Waals surface area contributed by atoms with Gasteiger partial charge in [0.05, 0.1) is 13.2 Å². The minimum Gasteiger partial charge on any atom is -0.308 e. The topological polar surface area (TPSA) is 47.6 Å². The Morgan fingerprint density at radius 2 is 2.00 bits per heavy atom. The summed E-state index contributed by atoms with van der Waals surface area (Å²) in [4.78, 5) is 0. The van der Waals surface area contributed by atoms with Crippen LogP contribution in [0.1, 0.15) is 26.7 Å². The maximum absolute atomic E-state index is 12.1. The van der Waals surface area contributed by atoms with Gasteiger partial charge in [0.15, 0.2) is 0 Å². The van der Waals surface area contributed by atoms with E-state index in [0.29, 0.717) is 13.2 Å². The molecule has 78 valence electrons. The van der Waals surface area contributed by atoms with Gasteiger partial charge in [0, 0.05) is 0 Å². The molecule has 1 rings (SSSR count). The van der Waals surface area contributed by atoms with Crippen LogP contribution in [-0.4, -0.2) is 25.5 Å². The van der Waals surface area contributed by atoms with Crippen molar-refractivity contribution in [1.29, 1.82) is 0 Å². The highest BCUT2D eigenvalue weighted by molar-refractivity contribution is 7.54. The summed E-state index contributed by atoms with van der Waals surface area (Å²) in [6.07, 6.45) is 1.94. The maximum Gasteiger partial charge on any atom is 0.347 e. The van der Waals surface area contributed by atoms with E-state index in [-0.39, 0.29) is 5.78 Å². The summed E-state index contributed by atoms with van der Waals surface area (Å²) < 4.78 is 22.6. The molecule has 1 heterocycles. The van der Waals surface area contributed by atoms with Crippen molar-refractivity contribution in [2.45, 2.75) is 32.5 Å². The number of nitrogens with one attached hydrogen (secondary N) is 1. The Morgan fingerprint density at radius 1 is 1.38 bits per heavy atom. The number of hydrogen-bond acceptors (Lipinski definition) is 4. The molecule has 0 aliphatic carbocycles. The average molecular weight is 207 g/mol. The van der Waals surface area contributed by atoms with Crippen LogP contribution in [0.15, 0.2) is 0 Å². The van der Waals surface area contributed by atoms with Crippen LogP contribution in [0, 0.1) is 0 Å². The fourth-order valence-electron chi connectivity index (χ4n) is 1.51. The second-order valence-electron chi connectivity index (χ2n) is 2.99. The molecular weight excluding hydrogens is 189 g/mol. The lowest BCUT2D eigenvalue weighted by Gasteiger charge is -2.22. The van der Waals surface area contributed by atoms with Gasteiger partial charge in [0.25, 0.3) is 0 Å². The molecule has 1 atom stereocenters. The highest BCUT2D eigenvalue weighted by Gasteiger charge is 2.36. The van der Waals surface area contributed by atoms with E-state index in [1.165, 1.54) is 0 Å². The van der Waals surface area contributed by atoms with Gasteiger partial charge in [-0.05, 0) is 33.2 Å². The van der Waals surface area contributed by atoms with Crippen molar-refractivity contribution >= 4 is 7.60 Å². The first-order valence-corrected chi connectivity index (χ1v) is 6.46. The molecule has 1 aliphatic rings. The molecule has 1 N–H and O–H groups in total. The zero-order valence-electron chi connectivity index (χ0n) is 8.28. The van der Waals surface area contributed by atoms with Gasteiger partial charge in [0.1, 0.15) is 5.78 Å². The third kappa shape index (κ3) is 2.78. The van der Waals surface area contributed by atoms with Crippen LogP contribution in [0.2, 0.25) is 0 Å². The standard InChI is InChI=1S/C8H18NO3P/c1-3-11-13(10,12-4-2)8-6-5-7-9-8/h8-9H,3-7H2,1-2H3. The molecule has 0 aromatic heterocycles. The second-order valence-corrected chi connectivity index (χ2v) is 5.21. The Kier molecular flexibility index (Phi) is 4.39. The fraction of sp³-hybridized carbons (Fsp3) is 1.00. The van der Waals surface area contributed by atoms with E-state index in [0.717, 1.165) is 19.4 Å². The van der Waals surface area contributed by atoms with Gasteiger partial charge in [-0.1, -0.05) is 0 Å². The van der Waals surface area contributed by atoms with Crippen LogP contribution in [0.4, 0.5) is 0 Å². The van der Waals surface area contributed by atoms with Crippen molar-refractivity contribution in [2.24, 2.45) is 0 Å². The minimum absolute atomic E-state index is 0.0904. The van der Waals surface area contributed by atoms with Gasteiger partial charge in [-0.2, -0.15) is 0 Å². The molecule has 1 fully saturated rings. The molecule has 5 heteroatoms. The van der Waals surface area contributed by atoms with Gasteiger partial charge in [-0.25, -0.2) is 0 Å². The first-order valence-electron chi connectivity index (χ1n) is 4.85. The van der Waals surface area contributed by atoms with E-state index < -0.39 is 7.60 Å². The Morgan fingerprint density at radius 3 is 2.38 bits per heavy atom. The van der Waals surface area contributed by atoms with Gasteiger partial charge in [0.2, 0.25) is 0 Å². The number of rotatable bonds is 5. The molecule has 0 aromatic rings. The largest absolute Gasteiger partial charge is 0.347 e. The van der Waals surface area contributed by atoms with Gasteiger partial charge >= 0.3 is 7.60 Å². The summed E-state index contributed by atoms with van der Waals surface area (Å²) >= 11 is 0. The quantitative estimate of drug-likeness (QED) is 0.700. The molecule has 0 bridgehead atoms. The van der Waals surface area contributed by atoms with Crippen molar-refractivity contribution in [2.75, 3.05) is 19.8 Å². The molecule has 1 unspecified atom stereocenters. The monoisotopic (exact) mass is 207 g/mol. The summed E-state index contributed by atoms with van der Waals surface area (Å²) in [7, 11) is -2.88. The molecule has 13 heavy (non-hydrogen) atoms. The average Bonchev–Trinajstić information content (AvgIpc) is 2.57. The highest BCUT2D eigenvalue weighted by Crippen LogP contribution is 2.54. The number of hydrogen-bond donors (Lipinski definition) is 1. The molecule has 1 aliphatic heterocycles. The SMILES string of the molecule is CCOP(=O)(OCC)C1CCCN1. The summed E-state index contributed by atoms with van der Waals surface area (Å²) in [5.74, 6) is -0.0904. The third-order valence-corrected chi connectivity index (χ3v) is 4.47. The van der Waals surface area contributed by atoms with Crippen LogP contribution in [0.3, 0.4) is 0 Å². The molecule has 0 aromatic carbocycles. The Hall–Kier alpha value is 0.110. The molecule has 0 saturated carbocycles. The Balaban J connectivity index is 2.58. The van der Waals surface area contributed by atoms with E-state index in [4.69, 9.17) is 9.05 Å². The van der Waals surface area contributed by atoms with Crippen LogP contribution in [0.25, 0.3) is 0 Å². The maximum atomic E-state index is 12.1. The summed E-state index contributed by atoms with van der Waals surface area (Å²) in [5, 5.41) is 3.15. The Labute approximate surface area is 79.5 Å². The van der Waals surface area contributed by atoms with Crippen LogP contribution < -0.4 is 5.32 Å². The predicted octanol–water partition coefficient (Wildman–Crippen LogP) is 1.96. The molecule has 0 amide bonds. The first kappa shape index (κ1) is 11.2. The first-order chi connectivity index (χ1) is 6.23. The fourth-order valence-corrected chi connectivity index (χ4v) is 3.52. The zero-order chi connectivity index (χ0) is 9.73. The molecule has 4 nitrogen and oxygen atoms in total. The van der Waals surface area contributed by atoms with E-state index in [1.807, 2.05) is 13.8 Å². The van der Waals surface area contributed by atoms with Crippen molar-refractivity contribution < 1.29 is 13.6 Å². The lowest BCUT2D eigenvalue weighted by Crippen LogP contribution is -2.23. The van der Waals surface area contributed by atoms with Gasteiger partial charge in [-0.15, -0.1) is 0 Å². The van der Waals surface area contributed by atoms with Crippen molar-refractivity contribution in [3.8, 4) is 0 Å². The Bertz CT molecular complexity index is 182. The second kappa shape index (κ2) is 5.11. The molecule has 1 saturated heterocycles. The minimum atomic E-state index is -2.88. The summed E-state index contributed by atoms with van der Waals surface area (Å²) in [6.45, 7) is 5.46. The third-order valence-electron chi connectivity index (χ3n) is 2.03. The van der Waals surface area contributed by atoms with E-state index in [1.54, 1.807) is 0 Å². The smallest absolute Gasteiger partial charge is 0.308 e. The normalized spacial score (nSPS) is 23.7. The molecular formula is C8H18NO3P.